The minimum absolute atomic E-state index is 0.0531. The lowest BCUT2D eigenvalue weighted by Gasteiger charge is -2.09. The maximum Gasteiger partial charge on any atom is 0.195 e. The third-order valence-corrected chi connectivity index (χ3v) is 5.81. The Hall–Kier alpha value is -3.76. The van der Waals surface area contributed by atoms with Gasteiger partial charge in [-0.25, -0.2) is 26.3 Å². The lowest BCUT2D eigenvalue weighted by Crippen LogP contribution is -2.03. The molecule has 0 N–H and O–H groups in total. The molecule has 0 fully saturated rings. The Balaban J connectivity index is 1.49. The van der Waals surface area contributed by atoms with E-state index in [1.54, 1.807) is 6.07 Å². The highest BCUT2D eigenvalue weighted by Gasteiger charge is 2.14. The van der Waals surface area contributed by atoms with Crippen molar-refractivity contribution in [1.29, 1.82) is 0 Å². The molecule has 0 bridgehead atoms. The van der Waals surface area contributed by atoms with Crippen LogP contribution in [0.4, 0.5) is 26.3 Å². The molecule has 7 heteroatoms. The summed E-state index contributed by atoms with van der Waals surface area (Å²) in [7, 11) is 1.51. The fraction of sp³-hybridized carbons (Fsp3) is 0.172. The zero-order chi connectivity index (χ0) is 25.8. The van der Waals surface area contributed by atoms with Crippen LogP contribution in [0.25, 0.3) is 10.8 Å². The van der Waals surface area contributed by atoms with E-state index in [-0.39, 0.29) is 34.7 Å². The maximum absolute atomic E-state index is 14.6. The van der Waals surface area contributed by atoms with Crippen LogP contribution in [-0.2, 0) is 24.0 Å². The zero-order valence-corrected chi connectivity index (χ0v) is 19.2. The van der Waals surface area contributed by atoms with E-state index < -0.39 is 34.9 Å². The number of aryl methyl sites for hydroxylation is 1. The molecule has 0 saturated carbocycles. The fourth-order valence-corrected chi connectivity index (χ4v) is 3.87. The Kier molecular flexibility index (Phi) is 7.66. The van der Waals surface area contributed by atoms with Gasteiger partial charge >= 0.3 is 0 Å². The van der Waals surface area contributed by atoms with Crippen LogP contribution in [0.3, 0.4) is 0 Å². The lowest BCUT2D eigenvalue weighted by molar-refractivity contribution is 0.202. The van der Waals surface area contributed by atoms with Crippen LogP contribution >= 0.6 is 0 Å². The molecule has 4 aromatic carbocycles. The second-order valence-corrected chi connectivity index (χ2v) is 8.27. The third kappa shape index (κ3) is 5.55. The standard InChI is InChI=1S/C29H20F6O/c1-36-11-10-19-14-25(31)23(26(32)15-19)9-5-18-3-7-20(24(30)13-18)6-2-17-4-8-22-21(12-17)16-27(33)29(35)28(22)34/h3-4,7-8,12-16H,5,9-11H2,1H3. The molecule has 0 saturated heterocycles. The van der Waals surface area contributed by atoms with E-state index in [9.17, 15) is 26.3 Å². The van der Waals surface area contributed by atoms with Crippen LogP contribution in [0.1, 0.15) is 27.8 Å². The summed E-state index contributed by atoms with van der Waals surface area (Å²) in [4.78, 5) is 0. The number of hydrogen-bond acceptors (Lipinski definition) is 1. The van der Waals surface area contributed by atoms with Gasteiger partial charge in [0.05, 0.1) is 12.2 Å². The monoisotopic (exact) mass is 498 g/mol. The van der Waals surface area contributed by atoms with Crippen LogP contribution in [0, 0.1) is 46.7 Å². The zero-order valence-electron chi connectivity index (χ0n) is 19.2. The molecular formula is C29H20F6O. The highest BCUT2D eigenvalue weighted by Crippen LogP contribution is 2.24. The predicted octanol–water partition coefficient (Wildman–Crippen LogP) is 7.05. The Morgan fingerprint density at radius 1 is 0.639 bits per heavy atom. The van der Waals surface area contributed by atoms with Gasteiger partial charge in [0.25, 0.3) is 0 Å². The van der Waals surface area contributed by atoms with Gasteiger partial charge in [-0.2, -0.15) is 0 Å². The third-order valence-electron chi connectivity index (χ3n) is 5.81. The molecule has 0 amide bonds. The predicted molar refractivity (Wildman–Crippen MR) is 126 cm³/mol. The molecule has 0 spiro atoms. The minimum atomic E-state index is -1.55. The Morgan fingerprint density at radius 3 is 2.06 bits per heavy atom. The molecule has 1 nitrogen and oxygen atoms in total. The molecule has 0 radical (unpaired) electrons. The summed E-state index contributed by atoms with van der Waals surface area (Å²) in [5, 5.41) is 0.0349. The molecule has 0 aliphatic heterocycles. The first kappa shape index (κ1) is 25.3. The molecule has 0 aliphatic rings. The van der Waals surface area contributed by atoms with Gasteiger partial charge in [0.15, 0.2) is 17.5 Å². The molecule has 4 aromatic rings. The van der Waals surface area contributed by atoms with E-state index in [0.717, 1.165) is 6.07 Å². The van der Waals surface area contributed by atoms with Gasteiger partial charge in [-0.15, -0.1) is 0 Å². The van der Waals surface area contributed by atoms with Gasteiger partial charge in [0, 0.05) is 23.6 Å². The number of fused-ring (bicyclic) bond motifs is 1. The van der Waals surface area contributed by atoms with Gasteiger partial charge in [-0.3, -0.25) is 0 Å². The first-order valence-corrected chi connectivity index (χ1v) is 11.1. The molecule has 184 valence electrons. The number of rotatable bonds is 6. The van der Waals surface area contributed by atoms with Crippen molar-refractivity contribution in [3.8, 4) is 11.8 Å². The molecule has 4 rings (SSSR count). The van der Waals surface area contributed by atoms with Crippen LogP contribution in [-0.4, -0.2) is 13.7 Å². The number of methoxy groups -OCH3 is 1. The fourth-order valence-electron chi connectivity index (χ4n) is 3.87. The van der Waals surface area contributed by atoms with Crippen molar-refractivity contribution in [1.82, 2.24) is 0 Å². The van der Waals surface area contributed by atoms with Crippen molar-refractivity contribution in [3.63, 3.8) is 0 Å². The van der Waals surface area contributed by atoms with Crippen LogP contribution in [0.2, 0.25) is 0 Å². The van der Waals surface area contributed by atoms with Crippen molar-refractivity contribution < 1.29 is 31.1 Å². The van der Waals surface area contributed by atoms with E-state index in [1.807, 2.05) is 0 Å². The molecule has 36 heavy (non-hydrogen) atoms. The quantitative estimate of drug-likeness (QED) is 0.157. The van der Waals surface area contributed by atoms with Gasteiger partial charge in [0.2, 0.25) is 0 Å². The smallest absolute Gasteiger partial charge is 0.195 e. The number of hydrogen-bond donors (Lipinski definition) is 0. The average Bonchev–Trinajstić information content (AvgIpc) is 2.85. The molecular weight excluding hydrogens is 478 g/mol. The summed E-state index contributed by atoms with van der Waals surface area (Å²) in [6, 6.07) is 11.8. The van der Waals surface area contributed by atoms with E-state index in [2.05, 4.69) is 11.8 Å². The molecule has 0 aromatic heterocycles. The van der Waals surface area contributed by atoms with Gasteiger partial charge < -0.3 is 4.74 Å². The van der Waals surface area contributed by atoms with Crippen molar-refractivity contribution in [3.05, 3.63) is 117 Å². The summed E-state index contributed by atoms with van der Waals surface area (Å²) >= 11 is 0. The summed E-state index contributed by atoms with van der Waals surface area (Å²) in [5.74, 6) is -0.678. The van der Waals surface area contributed by atoms with Crippen molar-refractivity contribution in [2.24, 2.45) is 0 Å². The second-order valence-electron chi connectivity index (χ2n) is 8.27. The van der Waals surface area contributed by atoms with Crippen molar-refractivity contribution >= 4 is 10.8 Å². The average molecular weight is 498 g/mol. The first-order chi connectivity index (χ1) is 17.3. The van der Waals surface area contributed by atoms with E-state index in [0.29, 0.717) is 29.7 Å². The summed E-state index contributed by atoms with van der Waals surface area (Å²) in [5.41, 5.74) is 1.41. The van der Waals surface area contributed by atoms with Crippen LogP contribution < -0.4 is 0 Å². The normalized spacial score (nSPS) is 11.0. The van der Waals surface area contributed by atoms with Crippen molar-refractivity contribution in [2.75, 3.05) is 13.7 Å². The van der Waals surface area contributed by atoms with E-state index in [1.165, 1.54) is 49.6 Å². The number of benzene rings is 4. The first-order valence-electron chi connectivity index (χ1n) is 11.1. The van der Waals surface area contributed by atoms with E-state index >= 15 is 0 Å². The molecule has 0 heterocycles. The van der Waals surface area contributed by atoms with E-state index in [4.69, 9.17) is 4.74 Å². The number of halogens is 6. The van der Waals surface area contributed by atoms with Gasteiger partial charge in [-0.1, -0.05) is 24.0 Å². The molecule has 0 unspecified atom stereocenters. The lowest BCUT2D eigenvalue weighted by atomic mass is 10.00. The highest BCUT2D eigenvalue weighted by molar-refractivity contribution is 5.84. The van der Waals surface area contributed by atoms with Crippen LogP contribution in [0.5, 0.6) is 0 Å². The summed E-state index contributed by atoms with van der Waals surface area (Å²) < 4.78 is 89.1. The number of ether oxygens (including phenoxy) is 1. The van der Waals surface area contributed by atoms with Gasteiger partial charge in [0.1, 0.15) is 17.5 Å². The maximum atomic E-state index is 14.6. The SMILES string of the molecule is COCCc1cc(F)c(CCc2ccc(C#Cc3ccc4c(F)c(F)c(F)cc4c3)c(F)c2)c(F)c1. The molecule has 0 atom stereocenters. The van der Waals surface area contributed by atoms with Crippen molar-refractivity contribution in [2.45, 2.75) is 19.3 Å². The Morgan fingerprint density at radius 2 is 1.36 bits per heavy atom. The Labute approximate surface area is 204 Å². The second kappa shape index (κ2) is 10.9. The van der Waals surface area contributed by atoms with Crippen LogP contribution in [0.15, 0.2) is 54.6 Å². The largest absolute Gasteiger partial charge is 0.384 e. The Bertz CT molecular complexity index is 1480. The summed E-state index contributed by atoms with van der Waals surface area (Å²) in [6.45, 7) is 0.352. The summed E-state index contributed by atoms with van der Waals surface area (Å²) in [6.07, 6.45) is 0.662. The van der Waals surface area contributed by atoms with Gasteiger partial charge in [-0.05, 0) is 78.2 Å². The topological polar surface area (TPSA) is 9.23 Å². The minimum Gasteiger partial charge on any atom is -0.384 e. The molecule has 0 aliphatic carbocycles. The highest BCUT2D eigenvalue weighted by atomic mass is 19.2.